The van der Waals surface area contributed by atoms with Crippen molar-refractivity contribution in [2.45, 2.75) is 6.92 Å². The van der Waals surface area contributed by atoms with E-state index >= 15 is 0 Å². The van der Waals surface area contributed by atoms with Crippen molar-refractivity contribution >= 4 is 0 Å². The summed E-state index contributed by atoms with van der Waals surface area (Å²) in [6, 6.07) is 0. The SMILES string of the molecule is CC=C(C=C[N+](=O)[O-])[N+](=O)[O-]. The van der Waals surface area contributed by atoms with Crippen LogP contribution in [0.25, 0.3) is 0 Å². The van der Waals surface area contributed by atoms with Gasteiger partial charge in [0.25, 0.3) is 5.70 Å². The molecule has 0 unspecified atom stereocenters. The molecule has 0 atom stereocenters. The summed E-state index contributed by atoms with van der Waals surface area (Å²) in [5.74, 6) is 0. The molecule has 0 rings (SSSR count). The molecule has 0 amide bonds. The van der Waals surface area contributed by atoms with Crippen LogP contribution < -0.4 is 0 Å². The molecule has 0 aromatic rings. The number of rotatable bonds is 3. The first-order valence-corrected chi connectivity index (χ1v) is 2.70. The van der Waals surface area contributed by atoms with E-state index in [1.165, 1.54) is 13.0 Å². The Balaban J connectivity index is 4.34. The zero-order chi connectivity index (χ0) is 8.85. The van der Waals surface area contributed by atoms with Crippen molar-refractivity contribution in [3.8, 4) is 0 Å². The molecule has 0 heterocycles. The zero-order valence-corrected chi connectivity index (χ0v) is 5.76. The van der Waals surface area contributed by atoms with Crippen molar-refractivity contribution in [1.82, 2.24) is 0 Å². The van der Waals surface area contributed by atoms with Gasteiger partial charge in [0.2, 0.25) is 6.20 Å². The molecular formula is C5H6N2O4. The Bertz CT molecular complexity index is 231. The topological polar surface area (TPSA) is 86.3 Å². The summed E-state index contributed by atoms with van der Waals surface area (Å²) >= 11 is 0. The third-order valence-corrected chi connectivity index (χ3v) is 0.874. The maximum atomic E-state index is 10.0. The number of nitro groups is 2. The van der Waals surface area contributed by atoms with Crippen molar-refractivity contribution in [3.63, 3.8) is 0 Å². The van der Waals surface area contributed by atoms with Crippen molar-refractivity contribution < 1.29 is 9.85 Å². The van der Waals surface area contributed by atoms with E-state index in [1.54, 1.807) is 0 Å². The van der Waals surface area contributed by atoms with E-state index < -0.39 is 9.85 Å². The van der Waals surface area contributed by atoms with Gasteiger partial charge in [-0.25, -0.2) is 0 Å². The normalized spacial score (nSPS) is 11.9. The largest absolute Gasteiger partial charge is 0.271 e. The first-order valence-electron chi connectivity index (χ1n) is 2.70. The third kappa shape index (κ3) is 3.79. The van der Waals surface area contributed by atoms with E-state index in [0.717, 1.165) is 6.08 Å². The lowest BCUT2D eigenvalue weighted by atomic mass is 10.4. The number of hydrogen-bond donors (Lipinski definition) is 0. The summed E-state index contributed by atoms with van der Waals surface area (Å²) < 4.78 is 0. The molecule has 60 valence electrons. The highest BCUT2D eigenvalue weighted by atomic mass is 16.6. The lowest BCUT2D eigenvalue weighted by Gasteiger charge is -1.84. The molecule has 11 heavy (non-hydrogen) atoms. The van der Waals surface area contributed by atoms with Gasteiger partial charge in [0.1, 0.15) is 0 Å². The molecule has 0 aromatic heterocycles. The minimum Gasteiger partial charge on any atom is -0.259 e. The lowest BCUT2D eigenvalue weighted by Crippen LogP contribution is -1.95. The minimum atomic E-state index is -0.757. The Hall–Kier alpha value is -1.72. The van der Waals surface area contributed by atoms with E-state index in [-0.39, 0.29) is 5.70 Å². The zero-order valence-electron chi connectivity index (χ0n) is 5.76. The molecule has 0 N–H and O–H groups in total. The summed E-state index contributed by atoms with van der Waals surface area (Å²) in [4.78, 5) is 18.3. The lowest BCUT2D eigenvalue weighted by molar-refractivity contribution is -0.424. The van der Waals surface area contributed by atoms with Crippen LogP contribution in [0.2, 0.25) is 0 Å². The van der Waals surface area contributed by atoms with Gasteiger partial charge in [-0.05, 0) is 13.0 Å². The summed E-state index contributed by atoms with van der Waals surface area (Å²) in [6.07, 6.45) is 2.54. The van der Waals surface area contributed by atoms with E-state index in [1.807, 2.05) is 0 Å². The van der Waals surface area contributed by atoms with Crippen LogP contribution in [0.1, 0.15) is 6.92 Å². The van der Waals surface area contributed by atoms with Gasteiger partial charge in [-0.15, -0.1) is 0 Å². The highest BCUT2D eigenvalue weighted by molar-refractivity contribution is 5.06. The summed E-state index contributed by atoms with van der Waals surface area (Å²) in [5, 5.41) is 19.7. The number of allylic oxidation sites excluding steroid dienone is 2. The highest BCUT2D eigenvalue weighted by Crippen LogP contribution is 1.96. The summed E-state index contributed by atoms with van der Waals surface area (Å²) in [7, 11) is 0. The Morgan fingerprint density at radius 3 is 2.18 bits per heavy atom. The van der Waals surface area contributed by atoms with E-state index in [9.17, 15) is 20.2 Å². The van der Waals surface area contributed by atoms with E-state index in [0.29, 0.717) is 6.20 Å². The Morgan fingerprint density at radius 1 is 1.36 bits per heavy atom. The van der Waals surface area contributed by atoms with Gasteiger partial charge in [0, 0.05) is 0 Å². The van der Waals surface area contributed by atoms with Crippen LogP contribution in [0.3, 0.4) is 0 Å². The monoisotopic (exact) mass is 158 g/mol. The molecule has 0 aliphatic heterocycles. The maximum absolute atomic E-state index is 10.0. The third-order valence-electron chi connectivity index (χ3n) is 0.874. The van der Waals surface area contributed by atoms with Crippen LogP contribution in [0.5, 0.6) is 0 Å². The fourth-order valence-electron chi connectivity index (χ4n) is 0.400. The Labute approximate surface area is 62.1 Å². The first kappa shape index (κ1) is 9.28. The van der Waals surface area contributed by atoms with Gasteiger partial charge < -0.3 is 0 Å². The predicted octanol–water partition coefficient (Wildman–Crippen LogP) is 0.957. The smallest absolute Gasteiger partial charge is 0.259 e. The molecule has 0 aromatic carbocycles. The van der Waals surface area contributed by atoms with Crippen LogP contribution in [-0.2, 0) is 0 Å². The predicted molar refractivity (Wildman–Crippen MR) is 36.9 cm³/mol. The van der Waals surface area contributed by atoms with Crippen molar-refractivity contribution in [1.29, 1.82) is 0 Å². The second-order valence-electron chi connectivity index (χ2n) is 1.57. The quantitative estimate of drug-likeness (QED) is 0.347. The van der Waals surface area contributed by atoms with E-state index in [4.69, 9.17) is 0 Å². The van der Waals surface area contributed by atoms with Crippen LogP contribution in [0, 0.1) is 20.2 Å². The number of nitrogens with zero attached hydrogens (tertiary/aromatic N) is 2. The van der Waals surface area contributed by atoms with Crippen LogP contribution in [0.15, 0.2) is 24.0 Å². The van der Waals surface area contributed by atoms with Crippen molar-refractivity contribution in [2.24, 2.45) is 0 Å². The van der Waals surface area contributed by atoms with Gasteiger partial charge >= 0.3 is 0 Å². The molecule has 0 radical (unpaired) electrons. The Morgan fingerprint density at radius 2 is 1.91 bits per heavy atom. The fraction of sp³-hybridized carbons (Fsp3) is 0.200. The van der Waals surface area contributed by atoms with Gasteiger partial charge in [-0.3, -0.25) is 20.2 Å². The molecule has 0 saturated heterocycles. The molecule has 0 saturated carbocycles. The van der Waals surface area contributed by atoms with Gasteiger partial charge in [-0.2, -0.15) is 0 Å². The molecule has 6 nitrogen and oxygen atoms in total. The van der Waals surface area contributed by atoms with Gasteiger partial charge in [0.15, 0.2) is 0 Å². The molecule has 0 bridgehead atoms. The average Bonchev–Trinajstić information content (AvgIpc) is 1.87. The van der Waals surface area contributed by atoms with Crippen molar-refractivity contribution in [3.05, 3.63) is 44.3 Å². The van der Waals surface area contributed by atoms with Crippen molar-refractivity contribution in [2.75, 3.05) is 0 Å². The second kappa shape index (κ2) is 4.15. The standard InChI is InChI=1S/C5H6N2O4/c1-2-5(7(10)11)3-4-6(8)9/h2-4H,1H3. The minimum absolute atomic E-state index is 0.290. The summed E-state index contributed by atoms with van der Waals surface area (Å²) in [6.45, 7) is 1.43. The van der Waals surface area contributed by atoms with Gasteiger partial charge in [0.05, 0.1) is 15.9 Å². The molecular weight excluding hydrogens is 152 g/mol. The van der Waals surface area contributed by atoms with Crippen LogP contribution in [-0.4, -0.2) is 9.85 Å². The van der Waals surface area contributed by atoms with E-state index in [2.05, 4.69) is 0 Å². The average molecular weight is 158 g/mol. The number of hydrogen-bond acceptors (Lipinski definition) is 4. The molecule has 6 heteroatoms. The maximum Gasteiger partial charge on any atom is 0.271 e. The Kier molecular flexibility index (Phi) is 3.50. The van der Waals surface area contributed by atoms with Crippen LogP contribution in [0.4, 0.5) is 0 Å². The fourth-order valence-corrected chi connectivity index (χ4v) is 0.400. The van der Waals surface area contributed by atoms with Gasteiger partial charge in [-0.1, -0.05) is 0 Å². The highest BCUT2D eigenvalue weighted by Gasteiger charge is 2.04. The molecule has 0 spiro atoms. The second-order valence-corrected chi connectivity index (χ2v) is 1.57. The van der Waals surface area contributed by atoms with Crippen LogP contribution >= 0.6 is 0 Å². The first-order chi connectivity index (χ1) is 5.07. The molecule has 0 aliphatic rings. The molecule has 0 aliphatic carbocycles. The molecule has 0 fully saturated rings. The summed E-state index contributed by atoms with van der Waals surface area (Å²) in [5.41, 5.74) is -0.290.